The SMILES string of the molecule is CS(=O)(=O)c1ccc(Nc2cc3c(C#Cc4ccc(C(F)(F)F)cc4N)nccc3cn2)cc1. The molecule has 2 aromatic heterocycles. The first kappa shape index (κ1) is 23.1. The largest absolute Gasteiger partial charge is 0.416 e. The molecule has 0 amide bonds. The van der Waals surface area contributed by atoms with Gasteiger partial charge >= 0.3 is 6.18 Å². The van der Waals surface area contributed by atoms with Crippen LogP contribution in [0.3, 0.4) is 0 Å². The molecule has 0 radical (unpaired) electrons. The number of benzene rings is 2. The Hall–Kier alpha value is -4.10. The van der Waals surface area contributed by atoms with Gasteiger partial charge < -0.3 is 11.1 Å². The summed E-state index contributed by atoms with van der Waals surface area (Å²) < 4.78 is 61.8. The molecule has 0 atom stereocenters. The van der Waals surface area contributed by atoms with Crippen LogP contribution in [0.1, 0.15) is 16.8 Å². The molecule has 2 heterocycles. The Labute approximate surface area is 193 Å². The molecule has 0 aliphatic rings. The van der Waals surface area contributed by atoms with E-state index in [0.717, 1.165) is 23.8 Å². The number of nitrogens with two attached hydrogens (primary N) is 1. The molecule has 34 heavy (non-hydrogen) atoms. The van der Waals surface area contributed by atoms with Crippen LogP contribution in [0.5, 0.6) is 0 Å². The standard InChI is InChI=1S/C24H17F3N4O2S/c1-34(32,33)19-7-5-18(6-8-19)31-23-13-20-16(14-30-23)10-11-29-22(20)9-3-15-2-4-17(12-21(15)28)24(25,26)27/h2,4-8,10-14H,28H2,1H3,(H,30,31). The lowest BCUT2D eigenvalue weighted by atomic mass is 10.1. The minimum atomic E-state index is -4.49. The highest BCUT2D eigenvalue weighted by molar-refractivity contribution is 7.90. The highest BCUT2D eigenvalue weighted by Crippen LogP contribution is 2.31. The number of alkyl halides is 3. The zero-order chi connectivity index (χ0) is 24.5. The van der Waals surface area contributed by atoms with Crippen LogP contribution < -0.4 is 11.1 Å². The minimum Gasteiger partial charge on any atom is -0.398 e. The lowest BCUT2D eigenvalue weighted by molar-refractivity contribution is -0.137. The van der Waals surface area contributed by atoms with Gasteiger partial charge in [-0.15, -0.1) is 0 Å². The lowest BCUT2D eigenvalue weighted by Crippen LogP contribution is -2.06. The van der Waals surface area contributed by atoms with Crippen molar-refractivity contribution < 1.29 is 21.6 Å². The van der Waals surface area contributed by atoms with Crippen molar-refractivity contribution in [3.05, 3.63) is 83.8 Å². The van der Waals surface area contributed by atoms with Gasteiger partial charge in [0, 0.05) is 46.4 Å². The molecule has 0 saturated heterocycles. The normalized spacial score (nSPS) is 11.6. The number of fused-ring (bicyclic) bond motifs is 1. The van der Waals surface area contributed by atoms with E-state index < -0.39 is 21.6 Å². The van der Waals surface area contributed by atoms with Crippen molar-refractivity contribution >= 4 is 37.8 Å². The summed E-state index contributed by atoms with van der Waals surface area (Å²) in [5, 5.41) is 4.53. The van der Waals surface area contributed by atoms with E-state index in [1.54, 1.807) is 36.7 Å². The second-order valence-electron chi connectivity index (χ2n) is 7.42. The summed E-state index contributed by atoms with van der Waals surface area (Å²) in [4.78, 5) is 8.83. The van der Waals surface area contributed by atoms with Crippen LogP contribution in [-0.4, -0.2) is 24.6 Å². The van der Waals surface area contributed by atoms with E-state index in [1.807, 2.05) is 0 Å². The van der Waals surface area contributed by atoms with E-state index in [-0.39, 0.29) is 16.1 Å². The number of hydrogen-bond acceptors (Lipinski definition) is 6. The number of nitrogens with zero attached hydrogens (tertiary/aromatic N) is 2. The van der Waals surface area contributed by atoms with Gasteiger partial charge in [0.2, 0.25) is 0 Å². The van der Waals surface area contributed by atoms with Gasteiger partial charge in [-0.25, -0.2) is 18.4 Å². The number of nitrogen functional groups attached to an aromatic ring is 1. The number of anilines is 3. The molecule has 2 aromatic carbocycles. The van der Waals surface area contributed by atoms with Gasteiger partial charge in [0.25, 0.3) is 0 Å². The maximum Gasteiger partial charge on any atom is 0.416 e. The number of nitrogens with one attached hydrogen (secondary N) is 1. The first-order chi connectivity index (χ1) is 16.0. The van der Waals surface area contributed by atoms with E-state index in [4.69, 9.17) is 5.73 Å². The van der Waals surface area contributed by atoms with Crippen molar-refractivity contribution in [1.82, 2.24) is 9.97 Å². The Balaban J connectivity index is 1.65. The monoisotopic (exact) mass is 482 g/mol. The maximum absolute atomic E-state index is 12.9. The summed E-state index contributed by atoms with van der Waals surface area (Å²) in [5.41, 5.74) is 6.13. The lowest BCUT2D eigenvalue weighted by Gasteiger charge is -2.08. The molecule has 172 valence electrons. The number of halogens is 3. The van der Waals surface area contributed by atoms with Gasteiger partial charge in [-0.1, -0.05) is 5.92 Å². The summed E-state index contributed by atoms with van der Waals surface area (Å²) in [6.07, 6.45) is -0.171. The number of rotatable bonds is 3. The molecule has 4 aromatic rings. The van der Waals surface area contributed by atoms with Gasteiger partial charge in [-0.2, -0.15) is 13.2 Å². The summed E-state index contributed by atoms with van der Waals surface area (Å²) in [6.45, 7) is 0. The zero-order valence-corrected chi connectivity index (χ0v) is 18.5. The summed E-state index contributed by atoms with van der Waals surface area (Å²) in [7, 11) is -3.30. The molecule has 10 heteroatoms. The third-order valence-electron chi connectivity index (χ3n) is 4.90. The molecule has 3 N–H and O–H groups in total. The van der Waals surface area contributed by atoms with Gasteiger partial charge in [0.05, 0.1) is 10.5 Å². The van der Waals surface area contributed by atoms with E-state index in [1.165, 1.54) is 18.2 Å². The van der Waals surface area contributed by atoms with E-state index in [9.17, 15) is 21.6 Å². The average molecular weight is 482 g/mol. The summed E-state index contributed by atoms with van der Waals surface area (Å²) >= 11 is 0. The van der Waals surface area contributed by atoms with Crippen molar-refractivity contribution in [3.63, 3.8) is 0 Å². The second kappa shape index (κ2) is 8.68. The molecule has 4 rings (SSSR count). The van der Waals surface area contributed by atoms with Gasteiger partial charge in [-0.3, -0.25) is 0 Å². The van der Waals surface area contributed by atoms with Crippen LogP contribution in [0.4, 0.5) is 30.4 Å². The molecule has 0 unspecified atom stereocenters. The molecule has 0 spiro atoms. The maximum atomic E-state index is 12.9. The highest BCUT2D eigenvalue weighted by Gasteiger charge is 2.30. The number of sulfone groups is 1. The van der Waals surface area contributed by atoms with Crippen molar-refractivity contribution in [2.75, 3.05) is 17.3 Å². The number of hydrogen-bond donors (Lipinski definition) is 2. The Kier molecular flexibility index (Phi) is 5.89. The minimum absolute atomic E-state index is 0.0795. The zero-order valence-electron chi connectivity index (χ0n) is 17.7. The first-order valence-corrected chi connectivity index (χ1v) is 11.7. The molecular weight excluding hydrogens is 465 g/mol. The van der Waals surface area contributed by atoms with Crippen molar-refractivity contribution in [1.29, 1.82) is 0 Å². The van der Waals surface area contributed by atoms with Gasteiger partial charge in [0.1, 0.15) is 11.5 Å². The Morgan fingerprint density at radius 2 is 1.71 bits per heavy atom. The number of aromatic nitrogens is 2. The molecule has 0 saturated carbocycles. The Morgan fingerprint density at radius 1 is 0.971 bits per heavy atom. The fraction of sp³-hybridized carbons (Fsp3) is 0.0833. The van der Waals surface area contributed by atoms with Crippen LogP contribution >= 0.6 is 0 Å². The average Bonchev–Trinajstić information content (AvgIpc) is 2.77. The van der Waals surface area contributed by atoms with Crippen molar-refractivity contribution in [2.45, 2.75) is 11.1 Å². The van der Waals surface area contributed by atoms with E-state index in [2.05, 4.69) is 27.1 Å². The highest BCUT2D eigenvalue weighted by atomic mass is 32.2. The van der Waals surface area contributed by atoms with E-state index >= 15 is 0 Å². The Morgan fingerprint density at radius 3 is 2.35 bits per heavy atom. The van der Waals surface area contributed by atoms with Crippen LogP contribution in [-0.2, 0) is 16.0 Å². The van der Waals surface area contributed by atoms with Crippen LogP contribution in [0.25, 0.3) is 10.8 Å². The van der Waals surface area contributed by atoms with Crippen LogP contribution in [0.15, 0.2) is 71.9 Å². The van der Waals surface area contributed by atoms with Gasteiger partial charge in [-0.05, 0) is 60.5 Å². The molecule has 0 bridgehead atoms. The third kappa shape index (κ3) is 5.10. The smallest absolute Gasteiger partial charge is 0.398 e. The van der Waals surface area contributed by atoms with Crippen LogP contribution in [0.2, 0.25) is 0 Å². The van der Waals surface area contributed by atoms with Crippen molar-refractivity contribution in [3.8, 4) is 11.8 Å². The van der Waals surface area contributed by atoms with Gasteiger partial charge in [0.15, 0.2) is 9.84 Å². The van der Waals surface area contributed by atoms with E-state index in [0.29, 0.717) is 22.6 Å². The fourth-order valence-corrected chi connectivity index (χ4v) is 3.78. The predicted molar refractivity (Wildman–Crippen MR) is 124 cm³/mol. The number of pyridine rings is 2. The molecule has 0 aliphatic heterocycles. The topological polar surface area (TPSA) is 98.0 Å². The molecule has 0 aliphatic carbocycles. The second-order valence-corrected chi connectivity index (χ2v) is 9.44. The predicted octanol–water partition coefficient (Wildman–Crippen LogP) is 4.78. The molecule has 6 nitrogen and oxygen atoms in total. The van der Waals surface area contributed by atoms with Crippen LogP contribution in [0, 0.1) is 11.8 Å². The summed E-state index contributed by atoms with van der Waals surface area (Å²) in [5.74, 6) is 6.14. The first-order valence-electron chi connectivity index (χ1n) is 9.81. The molecular formula is C24H17F3N4O2S. The fourth-order valence-electron chi connectivity index (χ4n) is 3.15. The van der Waals surface area contributed by atoms with Crippen molar-refractivity contribution in [2.24, 2.45) is 0 Å². The Bertz CT molecular complexity index is 1560. The quantitative estimate of drug-likeness (QED) is 0.322. The summed E-state index contributed by atoms with van der Waals surface area (Å²) in [6, 6.07) is 12.7. The third-order valence-corrected chi connectivity index (χ3v) is 6.03. The molecule has 0 fully saturated rings.